The van der Waals surface area contributed by atoms with Crippen LogP contribution in [-0.2, 0) is 19.7 Å². The van der Waals surface area contributed by atoms with Gasteiger partial charge in [-0.05, 0) is 65.5 Å². The normalized spacial score (nSPS) is 26.2. The minimum absolute atomic E-state index is 0.0284. The summed E-state index contributed by atoms with van der Waals surface area (Å²) in [6.45, 7) is 3.91. The Bertz CT molecular complexity index is 763. The van der Waals surface area contributed by atoms with Crippen molar-refractivity contribution >= 4 is 11.9 Å². The lowest BCUT2D eigenvalue weighted by molar-refractivity contribution is -0.154. The minimum Gasteiger partial charge on any atom is -0.461 e. The maximum Gasteiger partial charge on any atom is 0.312 e. The van der Waals surface area contributed by atoms with Gasteiger partial charge in [0.25, 0.3) is 0 Å². The second kappa shape index (κ2) is 8.31. The molecule has 1 spiro atoms. The van der Waals surface area contributed by atoms with E-state index >= 15 is 0 Å². The van der Waals surface area contributed by atoms with Crippen LogP contribution in [0, 0.1) is 5.41 Å². The smallest absolute Gasteiger partial charge is 0.312 e. The summed E-state index contributed by atoms with van der Waals surface area (Å²) in [5.74, 6) is 0.186. The van der Waals surface area contributed by atoms with Crippen molar-refractivity contribution in [3.63, 3.8) is 0 Å². The van der Waals surface area contributed by atoms with Gasteiger partial charge < -0.3 is 19.4 Å². The van der Waals surface area contributed by atoms with Crippen molar-refractivity contribution in [2.45, 2.75) is 43.6 Å². The van der Waals surface area contributed by atoms with Gasteiger partial charge in [-0.2, -0.15) is 0 Å². The molecule has 1 unspecified atom stereocenters. The zero-order valence-corrected chi connectivity index (χ0v) is 18.6. The zero-order valence-electron chi connectivity index (χ0n) is 18.6. The molecule has 6 heteroatoms. The molecule has 0 radical (unpaired) electrons. The highest BCUT2D eigenvalue weighted by Gasteiger charge is 2.52. The van der Waals surface area contributed by atoms with Crippen molar-refractivity contribution in [2.75, 3.05) is 53.9 Å². The highest BCUT2D eigenvalue weighted by molar-refractivity contribution is 5.89. The van der Waals surface area contributed by atoms with E-state index in [2.05, 4.69) is 29.0 Å². The first kappa shape index (κ1) is 21.3. The van der Waals surface area contributed by atoms with Gasteiger partial charge in [0, 0.05) is 26.1 Å². The highest BCUT2D eigenvalue weighted by Crippen LogP contribution is 2.45. The Morgan fingerprint density at radius 3 is 2.30 bits per heavy atom. The van der Waals surface area contributed by atoms with Gasteiger partial charge in [0.2, 0.25) is 5.91 Å². The van der Waals surface area contributed by atoms with Crippen LogP contribution in [0.3, 0.4) is 0 Å². The molecule has 1 amide bonds. The van der Waals surface area contributed by atoms with Crippen molar-refractivity contribution in [3.05, 3.63) is 35.9 Å². The molecular weight excluding hydrogens is 378 g/mol. The Hall–Kier alpha value is -1.92. The van der Waals surface area contributed by atoms with Gasteiger partial charge in [-0.25, -0.2) is 0 Å². The van der Waals surface area contributed by atoms with E-state index in [9.17, 15) is 9.59 Å². The number of benzene rings is 1. The molecule has 30 heavy (non-hydrogen) atoms. The predicted molar refractivity (Wildman–Crippen MR) is 116 cm³/mol. The molecule has 3 aliphatic heterocycles. The number of ether oxygens (including phenoxy) is 1. The van der Waals surface area contributed by atoms with Gasteiger partial charge in [-0.1, -0.05) is 30.3 Å². The Labute approximate surface area is 180 Å². The number of hydrogen-bond acceptors (Lipinski definition) is 5. The molecule has 0 saturated carbocycles. The average Bonchev–Trinajstić information content (AvgIpc) is 3.03. The molecule has 3 saturated heterocycles. The van der Waals surface area contributed by atoms with Gasteiger partial charge in [0.05, 0.1) is 10.8 Å². The van der Waals surface area contributed by atoms with Gasteiger partial charge >= 0.3 is 5.97 Å². The maximum atomic E-state index is 13.9. The van der Waals surface area contributed by atoms with E-state index in [4.69, 9.17) is 4.74 Å². The lowest BCUT2D eigenvalue weighted by atomic mass is 9.70. The Kier molecular flexibility index (Phi) is 5.90. The van der Waals surface area contributed by atoms with Crippen molar-refractivity contribution < 1.29 is 14.3 Å². The highest BCUT2D eigenvalue weighted by atomic mass is 16.6. The summed E-state index contributed by atoms with van der Waals surface area (Å²) in [5, 5.41) is 0. The fraction of sp³-hybridized carbons (Fsp3) is 0.667. The van der Waals surface area contributed by atoms with Crippen molar-refractivity contribution in [1.82, 2.24) is 14.7 Å². The van der Waals surface area contributed by atoms with E-state index in [1.54, 1.807) is 0 Å². The molecular formula is C24H35N3O3. The fourth-order valence-corrected chi connectivity index (χ4v) is 5.58. The number of hydrogen-bond donors (Lipinski definition) is 0. The largest absolute Gasteiger partial charge is 0.461 e. The van der Waals surface area contributed by atoms with Gasteiger partial charge in [0.15, 0.2) is 0 Å². The first-order valence-corrected chi connectivity index (χ1v) is 11.2. The summed E-state index contributed by atoms with van der Waals surface area (Å²) in [4.78, 5) is 33.0. The standard InChI is InChI=1S/C24H35N3O3/c1-25(2)18-20-17-23(22(29)30-20)9-15-27(16-10-23)21(28)24(11-13-26(3)14-12-24)19-7-5-4-6-8-19/h4-8,20H,9-18H2,1-3H3. The minimum atomic E-state index is -0.443. The summed E-state index contributed by atoms with van der Waals surface area (Å²) in [7, 11) is 6.13. The van der Waals surface area contributed by atoms with Crippen LogP contribution in [0.1, 0.15) is 37.7 Å². The van der Waals surface area contributed by atoms with E-state index in [0.717, 1.165) is 44.5 Å². The van der Waals surface area contributed by atoms with Crippen LogP contribution in [0.25, 0.3) is 0 Å². The summed E-state index contributed by atoms with van der Waals surface area (Å²) in [5.41, 5.74) is 0.293. The Balaban J connectivity index is 1.48. The quantitative estimate of drug-likeness (QED) is 0.708. The summed E-state index contributed by atoms with van der Waals surface area (Å²) in [6.07, 6.45) is 3.88. The second-order valence-electron chi connectivity index (χ2n) is 9.82. The Morgan fingerprint density at radius 1 is 1.07 bits per heavy atom. The SMILES string of the molecule is CN(C)CC1CC2(CCN(C(=O)C3(c4ccccc4)CCN(C)CC3)CC2)C(=O)O1. The number of esters is 1. The lowest BCUT2D eigenvalue weighted by Crippen LogP contribution is -2.55. The first-order valence-electron chi connectivity index (χ1n) is 11.2. The molecule has 1 atom stereocenters. The number of likely N-dealkylation sites (N-methyl/N-ethyl adjacent to an activating group) is 1. The average molecular weight is 414 g/mol. The van der Waals surface area contributed by atoms with E-state index in [0.29, 0.717) is 25.9 Å². The summed E-state index contributed by atoms with van der Waals surface area (Å²) in [6, 6.07) is 10.3. The van der Waals surface area contributed by atoms with E-state index in [1.807, 2.05) is 37.2 Å². The third-order valence-corrected chi connectivity index (χ3v) is 7.48. The number of cyclic esters (lactones) is 1. The summed E-state index contributed by atoms with van der Waals surface area (Å²) < 4.78 is 5.69. The first-order chi connectivity index (χ1) is 14.3. The molecule has 0 bridgehead atoms. The number of likely N-dealkylation sites (tertiary alicyclic amines) is 2. The third-order valence-electron chi connectivity index (χ3n) is 7.48. The monoisotopic (exact) mass is 413 g/mol. The number of carbonyl (C=O) groups excluding carboxylic acids is 2. The van der Waals surface area contributed by atoms with Gasteiger partial charge in [-0.15, -0.1) is 0 Å². The number of amides is 1. The molecule has 0 aromatic heterocycles. The van der Waals surface area contributed by atoms with Crippen molar-refractivity contribution in [1.29, 1.82) is 0 Å². The van der Waals surface area contributed by atoms with Crippen LogP contribution in [0.15, 0.2) is 30.3 Å². The maximum absolute atomic E-state index is 13.9. The van der Waals surface area contributed by atoms with Gasteiger partial charge in [-0.3, -0.25) is 9.59 Å². The van der Waals surface area contributed by atoms with Crippen LogP contribution in [0.4, 0.5) is 0 Å². The second-order valence-corrected chi connectivity index (χ2v) is 9.82. The predicted octanol–water partition coefficient (Wildman–Crippen LogP) is 2.14. The molecule has 0 N–H and O–H groups in total. The van der Waals surface area contributed by atoms with Crippen LogP contribution in [0.5, 0.6) is 0 Å². The molecule has 3 fully saturated rings. The molecule has 6 nitrogen and oxygen atoms in total. The number of nitrogens with zero attached hydrogens (tertiary/aromatic N) is 3. The summed E-state index contributed by atoms with van der Waals surface area (Å²) >= 11 is 0. The lowest BCUT2D eigenvalue weighted by Gasteiger charge is -2.45. The number of rotatable bonds is 4. The van der Waals surface area contributed by atoms with Gasteiger partial charge in [0.1, 0.15) is 6.10 Å². The molecule has 3 heterocycles. The van der Waals surface area contributed by atoms with E-state index < -0.39 is 10.8 Å². The van der Waals surface area contributed by atoms with Crippen molar-refractivity contribution in [2.24, 2.45) is 5.41 Å². The van der Waals surface area contributed by atoms with E-state index in [-0.39, 0.29) is 18.0 Å². The van der Waals surface area contributed by atoms with Crippen LogP contribution >= 0.6 is 0 Å². The zero-order chi connectivity index (χ0) is 21.4. The molecule has 164 valence electrons. The van der Waals surface area contributed by atoms with Crippen LogP contribution in [0.2, 0.25) is 0 Å². The molecule has 1 aromatic carbocycles. The third kappa shape index (κ3) is 3.87. The van der Waals surface area contributed by atoms with Crippen LogP contribution in [-0.4, -0.2) is 86.5 Å². The fourth-order valence-electron chi connectivity index (χ4n) is 5.58. The molecule has 4 rings (SSSR count). The molecule has 1 aromatic rings. The Morgan fingerprint density at radius 2 is 1.70 bits per heavy atom. The topological polar surface area (TPSA) is 53.1 Å². The van der Waals surface area contributed by atoms with E-state index in [1.165, 1.54) is 0 Å². The molecule has 3 aliphatic rings. The number of carbonyl (C=O) groups is 2. The van der Waals surface area contributed by atoms with Crippen LogP contribution < -0.4 is 0 Å². The molecule has 0 aliphatic carbocycles. The number of piperidine rings is 2. The van der Waals surface area contributed by atoms with Crippen molar-refractivity contribution in [3.8, 4) is 0 Å².